The van der Waals surface area contributed by atoms with Crippen molar-refractivity contribution in [2.45, 2.75) is 20.3 Å². The van der Waals surface area contributed by atoms with Crippen molar-refractivity contribution in [3.63, 3.8) is 0 Å². The molecule has 0 fully saturated rings. The molecule has 1 aromatic carbocycles. The smallest absolute Gasteiger partial charge is 0.161 e. The van der Waals surface area contributed by atoms with Gasteiger partial charge in [-0.15, -0.1) is 0 Å². The summed E-state index contributed by atoms with van der Waals surface area (Å²) in [7, 11) is 1.64. The van der Waals surface area contributed by atoms with E-state index in [0.717, 1.165) is 23.5 Å². The third kappa shape index (κ3) is 3.79. The van der Waals surface area contributed by atoms with Gasteiger partial charge in [0.05, 0.1) is 13.7 Å². The molecule has 0 aromatic heterocycles. The van der Waals surface area contributed by atoms with Crippen LogP contribution in [0.2, 0.25) is 0 Å². The molecular formula is C14H21NO2. The Hall–Kier alpha value is -1.48. The van der Waals surface area contributed by atoms with Crippen LogP contribution in [0.4, 0.5) is 0 Å². The third-order valence-corrected chi connectivity index (χ3v) is 2.57. The van der Waals surface area contributed by atoms with E-state index in [4.69, 9.17) is 15.2 Å². The Morgan fingerprint density at radius 2 is 2.06 bits per heavy atom. The van der Waals surface area contributed by atoms with E-state index in [1.54, 1.807) is 7.11 Å². The highest BCUT2D eigenvalue weighted by Crippen LogP contribution is 2.28. The van der Waals surface area contributed by atoms with Crippen LogP contribution in [0.25, 0.3) is 6.08 Å². The summed E-state index contributed by atoms with van der Waals surface area (Å²) in [5.74, 6) is 1.53. The molecule has 17 heavy (non-hydrogen) atoms. The number of benzene rings is 1. The Bertz CT molecular complexity index is 380. The lowest BCUT2D eigenvalue weighted by Crippen LogP contribution is -2.02. The van der Waals surface area contributed by atoms with E-state index in [1.165, 1.54) is 5.57 Å². The van der Waals surface area contributed by atoms with Crippen LogP contribution < -0.4 is 15.2 Å². The molecular weight excluding hydrogens is 214 g/mol. The molecule has 0 saturated carbocycles. The fourth-order valence-corrected chi connectivity index (χ4v) is 1.59. The van der Waals surface area contributed by atoms with Crippen LogP contribution >= 0.6 is 0 Å². The molecule has 0 aliphatic carbocycles. The monoisotopic (exact) mass is 235 g/mol. The van der Waals surface area contributed by atoms with Crippen LogP contribution in [-0.4, -0.2) is 20.3 Å². The summed E-state index contributed by atoms with van der Waals surface area (Å²) in [6, 6.07) is 5.90. The Morgan fingerprint density at radius 3 is 2.59 bits per heavy atom. The second-order valence-electron chi connectivity index (χ2n) is 3.70. The molecule has 0 amide bonds. The van der Waals surface area contributed by atoms with Gasteiger partial charge in [-0.1, -0.05) is 24.6 Å². The summed E-state index contributed by atoms with van der Waals surface area (Å²) in [5, 5.41) is 0. The summed E-state index contributed by atoms with van der Waals surface area (Å²) in [6.45, 7) is 5.28. The molecule has 0 aliphatic heterocycles. The maximum atomic E-state index is 5.66. The minimum atomic E-state index is 0.590. The standard InChI is InChI=1S/C14H21NO2/c1-4-11(10-15)8-12-6-7-13(16-3)14(9-12)17-5-2/h6-9H,4-5,10,15H2,1-3H3. The Labute approximate surface area is 103 Å². The summed E-state index contributed by atoms with van der Waals surface area (Å²) < 4.78 is 10.8. The molecule has 0 spiro atoms. The van der Waals surface area contributed by atoms with Crippen molar-refractivity contribution in [1.82, 2.24) is 0 Å². The molecule has 2 N–H and O–H groups in total. The lowest BCUT2D eigenvalue weighted by atomic mass is 10.1. The number of nitrogens with two attached hydrogens (primary N) is 1. The molecule has 0 heterocycles. The van der Waals surface area contributed by atoms with Crippen molar-refractivity contribution in [3.05, 3.63) is 29.3 Å². The van der Waals surface area contributed by atoms with Gasteiger partial charge in [0.2, 0.25) is 0 Å². The first-order valence-electron chi connectivity index (χ1n) is 5.95. The number of rotatable bonds is 6. The second-order valence-corrected chi connectivity index (χ2v) is 3.70. The maximum absolute atomic E-state index is 5.66. The molecule has 0 radical (unpaired) electrons. The van der Waals surface area contributed by atoms with Gasteiger partial charge in [0.1, 0.15) is 0 Å². The first-order chi connectivity index (χ1) is 8.24. The molecule has 0 aliphatic rings. The highest BCUT2D eigenvalue weighted by Gasteiger charge is 2.04. The lowest BCUT2D eigenvalue weighted by Gasteiger charge is -2.10. The average molecular weight is 235 g/mol. The third-order valence-electron chi connectivity index (χ3n) is 2.57. The van der Waals surface area contributed by atoms with Crippen molar-refractivity contribution >= 4 is 6.08 Å². The highest BCUT2D eigenvalue weighted by molar-refractivity contribution is 5.58. The van der Waals surface area contributed by atoms with Gasteiger partial charge in [-0.25, -0.2) is 0 Å². The Balaban J connectivity index is 3.02. The largest absolute Gasteiger partial charge is 0.493 e. The van der Waals surface area contributed by atoms with E-state index in [9.17, 15) is 0 Å². The Morgan fingerprint density at radius 1 is 1.29 bits per heavy atom. The van der Waals surface area contributed by atoms with E-state index in [2.05, 4.69) is 13.0 Å². The maximum Gasteiger partial charge on any atom is 0.161 e. The normalized spacial score (nSPS) is 11.4. The molecule has 1 aromatic rings. The van der Waals surface area contributed by atoms with Gasteiger partial charge < -0.3 is 15.2 Å². The van der Waals surface area contributed by atoms with Crippen molar-refractivity contribution in [2.75, 3.05) is 20.3 Å². The summed E-state index contributed by atoms with van der Waals surface area (Å²) in [6.07, 6.45) is 3.06. The minimum absolute atomic E-state index is 0.590. The van der Waals surface area contributed by atoms with Gasteiger partial charge in [-0.3, -0.25) is 0 Å². The summed E-state index contributed by atoms with van der Waals surface area (Å²) in [4.78, 5) is 0. The van der Waals surface area contributed by atoms with Gasteiger partial charge in [-0.05, 0) is 31.0 Å². The molecule has 0 atom stereocenters. The predicted octanol–water partition coefficient (Wildman–Crippen LogP) is 2.85. The number of hydrogen-bond acceptors (Lipinski definition) is 3. The fourth-order valence-electron chi connectivity index (χ4n) is 1.59. The van der Waals surface area contributed by atoms with Crippen molar-refractivity contribution in [2.24, 2.45) is 5.73 Å². The zero-order valence-electron chi connectivity index (χ0n) is 10.8. The minimum Gasteiger partial charge on any atom is -0.493 e. The van der Waals surface area contributed by atoms with Crippen molar-refractivity contribution < 1.29 is 9.47 Å². The van der Waals surface area contributed by atoms with Gasteiger partial charge in [0.15, 0.2) is 11.5 Å². The van der Waals surface area contributed by atoms with E-state index in [-0.39, 0.29) is 0 Å². The molecule has 0 unspecified atom stereocenters. The number of hydrogen-bond donors (Lipinski definition) is 1. The van der Waals surface area contributed by atoms with E-state index >= 15 is 0 Å². The predicted molar refractivity (Wildman–Crippen MR) is 71.5 cm³/mol. The van der Waals surface area contributed by atoms with Gasteiger partial charge in [0, 0.05) is 6.54 Å². The van der Waals surface area contributed by atoms with Crippen LogP contribution in [0.5, 0.6) is 11.5 Å². The van der Waals surface area contributed by atoms with Crippen LogP contribution in [0.1, 0.15) is 25.8 Å². The fraction of sp³-hybridized carbons (Fsp3) is 0.429. The second kappa shape index (κ2) is 6.97. The summed E-state index contributed by atoms with van der Waals surface area (Å²) in [5.41, 5.74) is 7.97. The zero-order valence-corrected chi connectivity index (χ0v) is 10.8. The van der Waals surface area contributed by atoms with Crippen molar-refractivity contribution in [1.29, 1.82) is 0 Å². The average Bonchev–Trinajstić information content (AvgIpc) is 2.36. The lowest BCUT2D eigenvalue weighted by molar-refractivity contribution is 0.311. The zero-order chi connectivity index (χ0) is 12.7. The van der Waals surface area contributed by atoms with Crippen LogP contribution in [0, 0.1) is 0 Å². The molecule has 3 nitrogen and oxygen atoms in total. The molecule has 0 bridgehead atoms. The van der Waals surface area contributed by atoms with E-state index in [1.807, 2.05) is 25.1 Å². The number of ether oxygens (including phenoxy) is 2. The first kappa shape index (κ1) is 13.6. The molecule has 94 valence electrons. The van der Waals surface area contributed by atoms with Crippen LogP contribution in [-0.2, 0) is 0 Å². The topological polar surface area (TPSA) is 44.5 Å². The van der Waals surface area contributed by atoms with E-state index < -0.39 is 0 Å². The van der Waals surface area contributed by atoms with Crippen LogP contribution in [0.3, 0.4) is 0 Å². The van der Waals surface area contributed by atoms with E-state index in [0.29, 0.717) is 13.2 Å². The first-order valence-corrected chi connectivity index (χ1v) is 5.95. The van der Waals surface area contributed by atoms with Gasteiger partial charge in [0.25, 0.3) is 0 Å². The molecule has 1 rings (SSSR count). The summed E-state index contributed by atoms with van der Waals surface area (Å²) >= 11 is 0. The quantitative estimate of drug-likeness (QED) is 0.824. The van der Waals surface area contributed by atoms with Crippen LogP contribution in [0.15, 0.2) is 23.8 Å². The molecule has 3 heteroatoms. The highest BCUT2D eigenvalue weighted by atomic mass is 16.5. The SMILES string of the molecule is CCOc1cc(C=C(CC)CN)ccc1OC. The molecule has 0 saturated heterocycles. The van der Waals surface area contributed by atoms with Gasteiger partial charge >= 0.3 is 0 Å². The Kier molecular flexibility index (Phi) is 5.57. The van der Waals surface area contributed by atoms with Crippen molar-refractivity contribution in [3.8, 4) is 11.5 Å². The number of methoxy groups -OCH3 is 1. The van der Waals surface area contributed by atoms with Gasteiger partial charge in [-0.2, -0.15) is 0 Å².